The maximum Gasteiger partial charge on any atom is 0.307 e. The highest BCUT2D eigenvalue weighted by molar-refractivity contribution is 4.75. The average molecular weight is 210 g/mol. The molecular formula is C8H10F4N2. The Morgan fingerprint density at radius 1 is 1.36 bits per heavy atom. The van der Waals surface area contributed by atoms with Crippen LogP contribution in [0.15, 0.2) is 18.7 Å². The minimum atomic E-state index is -3.87. The molecule has 1 aromatic rings. The monoisotopic (exact) mass is 210 g/mol. The lowest BCUT2D eigenvalue weighted by atomic mass is 10.2. The van der Waals surface area contributed by atoms with Gasteiger partial charge in [-0.25, -0.2) is 22.5 Å². The van der Waals surface area contributed by atoms with Gasteiger partial charge < -0.3 is 4.57 Å². The van der Waals surface area contributed by atoms with Gasteiger partial charge in [-0.15, -0.1) is 0 Å². The lowest BCUT2D eigenvalue weighted by Gasteiger charge is -2.14. The zero-order valence-electron chi connectivity index (χ0n) is 7.34. The Kier molecular flexibility index (Phi) is 3.49. The summed E-state index contributed by atoms with van der Waals surface area (Å²) >= 11 is 0. The number of nitrogens with zero attached hydrogens (tertiary/aromatic N) is 2. The minimum absolute atomic E-state index is 0.00764. The fraction of sp³-hybridized carbons (Fsp3) is 0.625. The zero-order valence-corrected chi connectivity index (χ0v) is 7.34. The van der Waals surface area contributed by atoms with Crippen LogP contribution in [-0.2, 0) is 6.54 Å². The molecule has 0 aliphatic rings. The summed E-state index contributed by atoms with van der Waals surface area (Å²) in [5.41, 5.74) is 0. The van der Waals surface area contributed by atoms with Gasteiger partial charge in [0.1, 0.15) is 0 Å². The highest BCUT2D eigenvalue weighted by atomic mass is 19.3. The summed E-state index contributed by atoms with van der Waals surface area (Å²) in [6, 6.07) is 0. The van der Waals surface area contributed by atoms with E-state index < -0.39 is 18.8 Å². The summed E-state index contributed by atoms with van der Waals surface area (Å²) in [4.78, 5) is 3.70. The second kappa shape index (κ2) is 4.43. The van der Waals surface area contributed by atoms with E-state index in [4.69, 9.17) is 0 Å². The van der Waals surface area contributed by atoms with Crippen LogP contribution >= 0.6 is 0 Å². The lowest BCUT2D eigenvalue weighted by Crippen LogP contribution is -2.26. The van der Waals surface area contributed by atoms with E-state index in [1.807, 2.05) is 0 Å². The van der Waals surface area contributed by atoms with Crippen LogP contribution in [-0.4, -0.2) is 21.9 Å². The van der Waals surface area contributed by atoms with Crippen molar-refractivity contribution >= 4 is 0 Å². The van der Waals surface area contributed by atoms with Crippen LogP contribution in [0.25, 0.3) is 0 Å². The number of aryl methyl sites for hydroxylation is 1. The van der Waals surface area contributed by atoms with E-state index in [9.17, 15) is 17.6 Å². The van der Waals surface area contributed by atoms with Crippen molar-refractivity contribution < 1.29 is 17.6 Å². The summed E-state index contributed by atoms with van der Waals surface area (Å²) in [7, 11) is 0. The molecule has 0 fully saturated rings. The molecule has 0 saturated carbocycles. The van der Waals surface area contributed by atoms with Gasteiger partial charge in [-0.1, -0.05) is 0 Å². The smallest absolute Gasteiger partial charge is 0.307 e. The summed E-state index contributed by atoms with van der Waals surface area (Å²) in [5.74, 6) is -3.87. The molecule has 0 saturated heterocycles. The van der Waals surface area contributed by atoms with E-state index in [0.717, 1.165) is 0 Å². The molecule has 0 spiro atoms. The normalized spacial score (nSPS) is 12.4. The predicted molar refractivity (Wildman–Crippen MR) is 42.4 cm³/mol. The maximum atomic E-state index is 12.4. The molecule has 80 valence electrons. The summed E-state index contributed by atoms with van der Waals surface area (Å²) in [5, 5.41) is 0. The SMILES string of the molecule is FC(F)C(F)(F)CCCn1ccnc1. The van der Waals surface area contributed by atoms with Crippen molar-refractivity contribution in [2.45, 2.75) is 31.7 Å². The van der Waals surface area contributed by atoms with Gasteiger partial charge in [0.25, 0.3) is 0 Å². The van der Waals surface area contributed by atoms with Crippen LogP contribution < -0.4 is 0 Å². The summed E-state index contributed by atoms with van der Waals surface area (Å²) < 4.78 is 49.8. The van der Waals surface area contributed by atoms with Crippen LogP contribution in [0.3, 0.4) is 0 Å². The van der Waals surface area contributed by atoms with E-state index in [-0.39, 0.29) is 13.0 Å². The third-order valence-corrected chi connectivity index (χ3v) is 1.80. The number of rotatable bonds is 5. The van der Waals surface area contributed by atoms with Gasteiger partial charge in [-0.05, 0) is 6.42 Å². The number of imidazole rings is 1. The van der Waals surface area contributed by atoms with Gasteiger partial charge in [-0.3, -0.25) is 0 Å². The first-order valence-corrected chi connectivity index (χ1v) is 4.14. The van der Waals surface area contributed by atoms with Gasteiger partial charge >= 0.3 is 12.3 Å². The molecule has 0 aliphatic heterocycles. The highest BCUT2D eigenvalue weighted by Crippen LogP contribution is 2.27. The lowest BCUT2D eigenvalue weighted by molar-refractivity contribution is -0.134. The molecule has 0 amide bonds. The maximum absolute atomic E-state index is 12.4. The quantitative estimate of drug-likeness (QED) is 0.683. The van der Waals surface area contributed by atoms with Crippen LogP contribution in [0.1, 0.15) is 12.8 Å². The van der Waals surface area contributed by atoms with Crippen molar-refractivity contribution in [1.82, 2.24) is 9.55 Å². The second-order valence-corrected chi connectivity index (χ2v) is 2.97. The number of aromatic nitrogens is 2. The first kappa shape index (κ1) is 11.0. The molecule has 0 aliphatic carbocycles. The molecule has 1 rings (SSSR count). The molecule has 14 heavy (non-hydrogen) atoms. The molecule has 2 nitrogen and oxygen atoms in total. The Hall–Kier alpha value is -1.07. The van der Waals surface area contributed by atoms with Gasteiger partial charge in [-0.2, -0.15) is 0 Å². The van der Waals surface area contributed by atoms with E-state index in [2.05, 4.69) is 4.98 Å². The third-order valence-electron chi connectivity index (χ3n) is 1.80. The van der Waals surface area contributed by atoms with Crippen LogP contribution in [0.2, 0.25) is 0 Å². The van der Waals surface area contributed by atoms with E-state index in [1.54, 1.807) is 10.8 Å². The van der Waals surface area contributed by atoms with Crippen molar-refractivity contribution in [2.75, 3.05) is 0 Å². The van der Waals surface area contributed by atoms with Crippen LogP contribution in [0.4, 0.5) is 17.6 Å². The van der Waals surface area contributed by atoms with E-state index in [0.29, 0.717) is 0 Å². The topological polar surface area (TPSA) is 17.8 Å². The van der Waals surface area contributed by atoms with Gasteiger partial charge in [0.05, 0.1) is 6.33 Å². The molecule has 0 bridgehead atoms. The molecule has 0 atom stereocenters. The number of halogens is 4. The molecule has 0 radical (unpaired) electrons. The fourth-order valence-corrected chi connectivity index (χ4v) is 1.03. The van der Waals surface area contributed by atoms with E-state index >= 15 is 0 Å². The van der Waals surface area contributed by atoms with Crippen molar-refractivity contribution in [2.24, 2.45) is 0 Å². The third kappa shape index (κ3) is 3.01. The Bertz CT molecular complexity index is 258. The Labute approximate surface area is 78.6 Å². The molecule has 0 aromatic carbocycles. The molecule has 6 heteroatoms. The van der Waals surface area contributed by atoms with Crippen molar-refractivity contribution in [3.05, 3.63) is 18.7 Å². The second-order valence-electron chi connectivity index (χ2n) is 2.97. The number of alkyl halides is 4. The van der Waals surface area contributed by atoms with Gasteiger partial charge in [0.2, 0.25) is 0 Å². The fourth-order valence-electron chi connectivity index (χ4n) is 1.03. The van der Waals surface area contributed by atoms with Crippen molar-refractivity contribution in [3.8, 4) is 0 Å². The molecule has 0 N–H and O–H groups in total. The van der Waals surface area contributed by atoms with Crippen LogP contribution in [0, 0.1) is 0 Å². The molecule has 1 aromatic heterocycles. The van der Waals surface area contributed by atoms with Crippen molar-refractivity contribution in [1.29, 1.82) is 0 Å². The first-order valence-electron chi connectivity index (χ1n) is 4.14. The molecule has 0 unspecified atom stereocenters. The summed E-state index contributed by atoms with van der Waals surface area (Å²) in [6.07, 6.45) is 0.188. The highest BCUT2D eigenvalue weighted by Gasteiger charge is 2.39. The Balaban J connectivity index is 2.28. The largest absolute Gasteiger partial charge is 0.337 e. The van der Waals surface area contributed by atoms with Gasteiger partial charge in [0.15, 0.2) is 0 Å². The standard InChI is InChI=1S/C8H10F4N2/c9-7(10)8(11,12)2-1-4-14-5-3-13-6-14/h3,5-7H,1-2,4H2. The first-order chi connectivity index (χ1) is 6.52. The minimum Gasteiger partial charge on any atom is -0.337 e. The average Bonchev–Trinajstić information content (AvgIpc) is 2.56. The summed E-state index contributed by atoms with van der Waals surface area (Å²) in [6.45, 7) is 0.280. The number of hydrogen-bond donors (Lipinski definition) is 0. The van der Waals surface area contributed by atoms with Crippen molar-refractivity contribution in [3.63, 3.8) is 0 Å². The molecular weight excluding hydrogens is 200 g/mol. The van der Waals surface area contributed by atoms with E-state index in [1.165, 1.54) is 12.5 Å². The predicted octanol–water partition coefficient (Wildman–Crippen LogP) is 2.56. The Morgan fingerprint density at radius 3 is 2.57 bits per heavy atom. The number of hydrogen-bond acceptors (Lipinski definition) is 1. The van der Waals surface area contributed by atoms with Crippen LogP contribution in [0.5, 0.6) is 0 Å². The zero-order chi connectivity index (χ0) is 10.6. The van der Waals surface area contributed by atoms with Gasteiger partial charge in [0, 0.05) is 25.4 Å². The Morgan fingerprint density at radius 2 is 2.07 bits per heavy atom. The molecule has 1 heterocycles.